The minimum Gasteiger partial charge on any atom is -0.383 e. The van der Waals surface area contributed by atoms with Crippen molar-refractivity contribution in [2.45, 2.75) is 31.7 Å². The highest BCUT2D eigenvalue weighted by Crippen LogP contribution is 2.26. The molecule has 0 amide bonds. The first-order chi connectivity index (χ1) is 7.66. The van der Waals surface area contributed by atoms with E-state index in [-0.39, 0.29) is 17.7 Å². The number of pyridine rings is 1. The summed E-state index contributed by atoms with van der Waals surface area (Å²) in [6, 6.07) is 3.86. The molecule has 0 aromatic carbocycles. The van der Waals surface area contributed by atoms with Crippen molar-refractivity contribution in [2.75, 3.05) is 5.73 Å². The predicted molar refractivity (Wildman–Crippen MR) is 62.7 cm³/mol. The Morgan fingerprint density at radius 1 is 1.50 bits per heavy atom. The number of carbonyl (C=O) groups excluding carboxylic acids is 1. The minimum atomic E-state index is 0.120. The zero-order valence-electron chi connectivity index (χ0n) is 9.23. The van der Waals surface area contributed by atoms with Gasteiger partial charge in [0.25, 0.3) is 0 Å². The summed E-state index contributed by atoms with van der Waals surface area (Å²) in [4.78, 5) is 15.9. The number of anilines is 1. The van der Waals surface area contributed by atoms with Crippen LogP contribution in [0.25, 0.3) is 0 Å². The second kappa shape index (κ2) is 4.61. The summed E-state index contributed by atoms with van der Waals surface area (Å²) in [7, 11) is 0. The molecule has 1 saturated carbocycles. The molecule has 0 spiro atoms. The molecule has 4 N–H and O–H groups in total. The van der Waals surface area contributed by atoms with E-state index in [0.717, 1.165) is 24.8 Å². The highest BCUT2D eigenvalue weighted by atomic mass is 16.1. The quantitative estimate of drug-likeness (QED) is 0.791. The lowest BCUT2D eigenvalue weighted by molar-refractivity contribution is -0.122. The Morgan fingerprint density at radius 3 is 2.94 bits per heavy atom. The smallest absolute Gasteiger partial charge is 0.140 e. The fraction of sp³-hybridized carbons (Fsp3) is 0.500. The van der Waals surface area contributed by atoms with Crippen molar-refractivity contribution in [3.63, 3.8) is 0 Å². The van der Waals surface area contributed by atoms with Crippen LogP contribution in [0.15, 0.2) is 18.3 Å². The summed E-state index contributed by atoms with van der Waals surface area (Å²) in [6.07, 6.45) is 4.71. The van der Waals surface area contributed by atoms with Crippen molar-refractivity contribution in [3.05, 3.63) is 23.9 Å². The number of Topliss-reactive ketones (excluding diaryl/α,β-unsaturated/α-hetero) is 1. The Bertz CT molecular complexity index is 392. The monoisotopic (exact) mass is 219 g/mol. The molecular weight excluding hydrogens is 202 g/mol. The van der Waals surface area contributed by atoms with Gasteiger partial charge >= 0.3 is 0 Å². The number of rotatable bonds is 3. The molecule has 4 nitrogen and oxygen atoms in total. The van der Waals surface area contributed by atoms with Gasteiger partial charge in [-0.3, -0.25) is 4.79 Å². The van der Waals surface area contributed by atoms with E-state index in [1.54, 1.807) is 12.3 Å². The molecule has 1 aromatic heterocycles. The molecule has 2 atom stereocenters. The molecule has 1 heterocycles. The number of ketones is 1. The molecule has 0 aliphatic heterocycles. The summed E-state index contributed by atoms with van der Waals surface area (Å²) in [6.45, 7) is 0. The van der Waals surface area contributed by atoms with Crippen molar-refractivity contribution in [2.24, 2.45) is 11.7 Å². The van der Waals surface area contributed by atoms with E-state index in [4.69, 9.17) is 11.5 Å². The molecule has 86 valence electrons. The van der Waals surface area contributed by atoms with E-state index in [2.05, 4.69) is 4.98 Å². The van der Waals surface area contributed by atoms with Gasteiger partial charge in [-0.2, -0.15) is 0 Å². The first kappa shape index (κ1) is 11.1. The third-order valence-corrected chi connectivity index (χ3v) is 3.22. The largest absolute Gasteiger partial charge is 0.383 e. The standard InChI is InChI=1S/C12H17N3O/c13-10-4-3-8(6-10)11(16)7-9-2-1-5-15-12(9)14/h1-2,5,8,10H,3-4,6-7,13H2,(H2,14,15). The van der Waals surface area contributed by atoms with Crippen LogP contribution in [-0.4, -0.2) is 16.8 Å². The van der Waals surface area contributed by atoms with Crippen LogP contribution >= 0.6 is 0 Å². The number of hydrogen-bond acceptors (Lipinski definition) is 4. The summed E-state index contributed by atoms with van der Waals surface area (Å²) in [5.41, 5.74) is 12.3. The van der Waals surface area contributed by atoms with E-state index in [1.165, 1.54) is 0 Å². The van der Waals surface area contributed by atoms with Gasteiger partial charge in [-0.05, 0) is 25.3 Å². The maximum absolute atomic E-state index is 12.0. The van der Waals surface area contributed by atoms with Crippen LogP contribution in [0.5, 0.6) is 0 Å². The van der Waals surface area contributed by atoms with Crippen LogP contribution in [-0.2, 0) is 11.2 Å². The number of nitrogen functional groups attached to an aromatic ring is 1. The zero-order chi connectivity index (χ0) is 11.5. The van der Waals surface area contributed by atoms with Crippen molar-refractivity contribution < 1.29 is 4.79 Å². The predicted octanol–water partition coefficient (Wildman–Crippen LogP) is 0.903. The van der Waals surface area contributed by atoms with Crippen LogP contribution < -0.4 is 11.5 Å². The number of nitrogens with zero attached hydrogens (tertiary/aromatic N) is 1. The number of nitrogens with two attached hydrogens (primary N) is 2. The summed E-state index contributed by atoms with van der Waals surface area (Å²) >= 11 is 0. The van der Waals surface area contributed by atoms with Crippen LogP contribution in [0.1, 0.15) is 24.8 Å². The number of carbonyl (C=O) groups is 1. The lowest BCUT2D eigenvalue weighted by atomic mass is 9.96. The fourth-order valence-corrected chi connectivity index (χ4v) is 2.24. The lowest BCUT2D eigenvalue weighted by Gasteiger charge is -2.09. The first-order valence-electron chi connectivity index (χ1n) is 5.64. The Hall–Kier alpha value is -1.42. The first-order valence-corrected chi connectivity index (χ1v) is 5.64. The molecule has 2 unspecified atom stereocenters. The normalized spacial score (nSPS) is 24.6. The Labute approximate surface area is 95.0 Å². The molecule has 1 aromatic rings. The van der Waals surface area contributed by atoms with Gasteiger partial charge in [0.1, 0.15) is 11.6 Å². The maximum Gasteiger partial charge on any atom is 0.140 e. The van der Waals surface area contributed by atoms with E-state index < -0.39 is 0 Å². The Morgan fingerprint density at radius 2 is 2.31 bits per heavy atom. The molecule has 1 aliphatic rings. The summed E-state index contributed by atoms with van der Waals surface area (Å²) in [5.74, 6) is 0.820. The minimum absolute atomic E-state index is 0.120. The number of aromatic nitrogens is 1. The second-order valence-corrected chi connectivity index (χ2v) is 4.46. The van der Waals surface area contributed by atoms with Gasteiger partial charge in [-0.15, -0.1) is 0 Å². The average molecular weight is 219 g/mol. The molecule has 1 aliphatic carbocycles. The molecule has 4 heteroatoms. The van der Waals surface area contributed by atoms with Crippen molar-refractivity contribution in [3.8, 4) is 0 Å². The van der Waals surface area contributed by atoms with Crippen molar-refractivity contribution >= 4 is 11.6 Å². The van der Waals surface area contributed by atoms with Gasteiger partial charge in [0, 0.05) is 30.1 Å². The van der Waals surface area contributed by atoms with E-state index in [9.17, 15) is 4.79 Å². The highest BCUT2D eigenvalue weighted by Gasteiger charge is 2.27. The molecule has 0 bridgehead atoms. The summed E-state index contributed by atoms with van der Waals surface area (Å²) in [5, 5.41) is 0. The number of hydrogen-bond donors (Lipinski definition) is 2. The topological polar surface area (TPSA) is 82.0 Å². The molecule has 0 saturated heterocycles. The third kappa shape index (κ3) is 2.39. The van der Waals surface area contributed by atoms with Crippen LogP contribution in [0.2, 0.25) is 0 Å². The molecular formula is C12H17N3O. The van der Waals surface area contributed by atoms with Gasteiger partial charge in [0.05, 0.1) is 0 Å². The average Bonchev–Trinajstić information content (AvgIpc) is 2.68. The van der Waals surface area contributed by atoms with Crippen LogP contribution in [0.3, 0.4) is 0 Å². The van der Waals surface area contributed by atoms with Crippen LogP contribution in [0, 0.1) is 5.92 Å². The van der Waals surface area contributed by atoms with Gasteiger partial charge < -0.3 is 11.5 Å². The molecule has 1 fully saturated rings. The Kier molecular flexibility index (Phi) is 3.19. The molecule has 16 heavy (non-hydrogen) atoms. The fourth-order valence-electron chi connectivity index (χ4n) is 2.24. The van der Waals surface area contributed by atoms with Gasteiger partial charge in [-0.1, -0.05) is 6.07 Å². The van der Waals surface area contributed by atoms with Crippen LogP contribution in [0.4, 0.5) is 5.82 Å². The molecule has 2 rings (SSSR count). The zero-order valence-corrected chi connectivity index (χ0v) is 9.23. The van der Waals surface area contributed by atoms with Crippen molar-refractivity contribution in [1.82, 2.24) is 4.98 Å². The highest BCUT2D eigenvalue weighted by molar-refractivity contribution is 5.84. The van der Waals surface area contributed by atoms with Gasteiger partial charge in [-0.25, -0.2) is 4.98 Å². The maximum atomic E-state index is 12.0. The van der Waals surface area contributed by atoms with Gasteiger partial charge in [0.15, 0.2) is 0 Å². The van der Waals surface area contributed by atoms with Gasteiger partial charge in [0.2, 0.25) is 0 Å². The van der Waals surface area contributed by atoms with E-state index >= 15 is 0 Å². The lowest BCUT2D eigenvalue weighted by Crippen LogP contribution is -2.19. The van der Waals surface area contributed by atoms with E-state index in [0.29, 0.717) is 12.2 Å². The third-order valence-electron chi connectivity index (χ3n) is 3.22. The Balaban J connectivity index is 2.00. The van der Waals surface area contributed by atoms with E-state index in [1.807, 2.05) is 6.07 Å². The SMILES string of the molecule is Nc1ncccc1CC(=O)C1CCC(N)C1. The summed E-state index contributed by atoms with van der Waals surface area (Å²) < 4.78 is 0. The second-order valence-electron chi connectivity index (χ2n) is 4.46. The molecule has 0 radical (unpaired) electrons. The van der Waals surface area contributed by atoms with Crippen molar-refractivity contribution in [1.29, 1.82) is 0 Å².